The standard InChI is InChI=1S/C25H21ClN6O5S/c1-18-23(25(26)29-31(18)20-8-4-2-5-9-20)16-27-28-24(33)17-30(19-12-14-21(15-13-19)32(34)35)38(36,37)22-10-6-3-7-11-22/h2-16H,17H2,1H3,(H,28,33)/b27-16-. The Balaban J connectivity index is 1.56. The first-order valence-corrected chi connectivity index (χ1v) is 12.9. The van der Waals surface area contributed by atoms with E-state index >= 15 is 0 Å². The molecular weight excluding hydrogens is 532 g/mol. The minimum Gasteiger partial charge on any atom is -0.271 e. The number of aromatic nitrogens is 2. The van der Waals surface area contributed by atoms with Crippen molar-refractivity contribution in [3.05, 3.63) is 111 Å². The van der Waals surface area contributed by atoms with Gasteiger partial charge in [-0.25, -0.2) is 18.5 Å². The summed E-state index contributed by atoms with van der Waals surface area (Å²) in [6, 6.07) is 21.7. The number of benzene rings is 3. The highest BCUT2D eigenvalue weighted by molar-refractivity contribution is 7.92. The monoisotopic (exact) mass is 552 g/mol. The molecule has 1 heterocycles. The van der Waals surface area contributed by atoms with Crippen molar-refractivity contribution in [3.63, 3.8) is 0 Å². The van der Waals surface area contributed by atoms with Crippen LogP contribution in [0.4, 0.5) is 11.4 Å². The smallest absolute Gasteiger partial charge is 0.269 e. The molecule has 4 rings (SSSR count). The molecule has 0 radical (unpaired) electrons. The summed E-state index contributed by atoms with van der Waals surface area (Å²) in [5.74, 6) is -0.747. The number of sulfonamides is 1. The first kappa shape index (κ1) is 26.5. The van der Waals surface area contributed by atoms with Gasteiger partial charge in [-0.05, 0) is 43.3 Å². The average molecular weight is 553 g/mol. The number of carbonyl (C=O) groups is 1. The largest absolute Gasteiger partial charge is 0.271 e. The van der Waals surface area contributed by atoms with Gasteiger partial charge in [-0.15, -0.1) is 0 Å². The Hall–Kier alpha value is -4.55. The van der Waals surface area contributed by atoms with Gasteiger partial charge in [0, 0.05) is 12.1 Å². The lowest BCUT2D eigenvalue weighted by Gasteiger charge is -2.23. The number of nitrogens with zero attached hydrogens (tertiary/aromatic N) is 5. The van der Waals surface area contributed by atoms with Gasteiger partial charge in [-0.3, -0.25) is 19.2 Å². The van der Waals surface area contributed by atoms with Crippen LogP contribution in [0.3, 0.4) is 0 Å². The molecule has 1 N–H and O–H groups in total. The summed E-state index contributed by atoms with van der Waals surface area (Å²) in [5, 5.41) is 19.4. The van der Waals surface area contributed by atoms with Gasteiger partial charge in [-0.1, -0.05) is 48.0 Å². The molecule has 194 valence electrons. The van der Waals surface area contributed by atoms with Crippen molar-refractivity contribution in [2.45, 2.75) is 11.8 Å². The van der Waals surface area contributed by atoms with E-state index in [0.717, 1.165) is 22.1 Å². The van der Waals surface area contributed by atoms with Gasteiger partial charge < -0.3 is 0 Å². The summed E-state index contributed by atoms with van der Waals surface area (Å²) >= 11 is 6.27. The lowest BCUT2D eigenvalue weighted by Crippen LogP contribution is -2.39. The minimum atomic E-state index is -4.18. The van der Waals surface area contributed by atoms with Crippen molar-refractivity contribution in [2.24, 2.45) is 5.10 Å². The van der Waals surface area contributed by atoms with Gasteiger partial charge in [0.05, 0.1) is 38.7 Å². The van der Waals surface area contributed by atoms with E-state index in [4.69, 9.17) is 11.6 Å². The van der Waals surface area contributed by atoms with E-state index in [1.165, 1.54) is 30.5 Å². The molecule has 11 nitrogen and oxygen atoms in total. The van der Waals surface area contributed by atoms with Crippen molar-refractivity contribution in [1.82, 2.24) is 15.2 Å². The van der Waals surface area contributed by atoms with Crippen molar-refractivity contribution in [1.29, 1.82) is 0 Å². The molecule has 0 bridgehead atoms. The molecule has 38 heavy (non-hydrogen) atoms. The van der Waals surface area contributed by atoms with E-state index in [1.807, 2.05) is 30.3 Å². The highest BCUT2D eigenvalue weighted by atomic mass is 35.5. The number of rotatable bonds is 9. The second kappa shape index (κ2) is 11.2. The van der Waals surface area contributed by atoms with Crippen LogP contribution in [-0.4, -0.2) is 41.8 Å². The lowest BCUT2D eigenvalue weighted by molar-refractivity contribution is -0.384. The summed E-state index contributed by atoms with van der Waals surface area (Å²) in [6.07, 6.45) is 1.32. The highest BCUT2D eigenvalue weighted by Crippen LogP contribution is 2.26. The number of nitro benzene ring substituents is 1. The van der Waals surface area contributed by atoms with E-state index in [-0.39, 0.29) is 21.4 Å². The third kappa shape index (κ3) is 5.71. The number of nitrogens with one attached hydrogen (secondary N) is 1. The molecule has 0 saturated heterocycles. The molecular formula is C25H21ClN6O5S. The van der Waals surface area contributed by atoms with E-state index in [0.29, 0.717) is 11.3 Å². The van der Waals surface area contributed by atoms with E-state index in [9.17, 15) is 23.3 Å². The van der Waals surface area contributed by atoms with Gasteiger partial charge in [-0.2, -0.15) is 10.2 Å². The number of carbonyl (C=O) groups excluding carboxylic acids is 1. The van der Waals surface area contributed by atoms with Gasteiger partial charge in [0.25, 0.3) is 21.6 Å². The number of hydrazone groups is 1. The number of para-hydroxylation sites is 1. The number of nitro groups is 1. The molecule has 0 fully saturated rings. The Labute approximate surface area is 223 Å². The second-order valence-corrected chi connectivity index (χ2v) is 10.1. The van der Waals surface area contributed by atoms with Crippen molar-refractivity contribution >= 4 is 45.1 Å². The van der Waals surface area contributed by atoms with Crippen LogP contribution in [0.2, 0.25) is 5.15 Å². The highest BCUT2D eigenvalue weighted by Gasteiger charge is 2.27. The molecule has 3 aromatic carbocycles. The van der Waals surface area contributed by atoms with Crippen LogP contribution >= 0.6 is 11.6 Å². The summed E-state index contributed by atoms with van der Waals surface area (Å²) in [4.78, 5) is 23.1. The normalized spacial score (nSPS) is 11.4. The molecule has 1 aromatic heterocycles. The fourth-order valence-electron chi connectivity index (χ4n) is 3.56. The Bertz CT molecular complexity index is 1590. The number of non-ortho nitro benzene ring substituents is 1. The van der Waals surface area contributed by atoms with E-state index < -0.39 is 27.4 Å². The molecule has 4 aromatic rings. The Morgan fingerprint density at radius 1 is 1.08 bits per heavy atom. The summed E-state index contributed by atoms with van der Waals surface area (Å²) in [7, 11) is -4.18. The summed E-state index contributed by atoms with van der Waals surface area (Å²) < 4.78 is 29.2. The predicted molar refractivity (Wildman–Crippen MR) is 143 cm³/mol. The molecule has 0 atom stereocenters. The van der Waals surface area contributed by atoms with Gasteiger partial charge in [0.15, 0.2) is 5.15 Å². The molecule has 13 heteroatoms. The van der Waals surface area contributed by atoms with E-state index in [2.05, 4.69) is 15.6 Å². The van der Waals surface area contributed by atoms with Crippen molar-refractivity contribution in [2.75, 3.05) is 10.8 Å². The molecule has 0 spiro atoms. The van der Waals surface area contributed by atoms with Crippen LogP contribution in [0, 0.1) is 17.0 Å². The zero-order chi connectivity index (χ0) is 27.3. The predicted octanol–water partition coefficient (Wildman–Crippen LogP) is 4.09. The van der Waals surface area contributed by atoms with Crippen LogP contribution in [0.5, 0.6) is 0 Å². The molecule has 0 aliphatic heterocycles. The first-order chi connectivity index (χ1) is 18.2. The molecule has 0 unspecified atom stereocenters. The topological polar surface area (TPSA) is 140 Å². The average Bonchev–Trinajstić information content (AvgIpc) is 3.21. The van der Waals surface area contributed by atoms with Gasteiger partial charge in [0.2, 0.25) is 0 Å². The maximum absolute atomic E-state index is 13.4. The van der Waals surface area contributed by atoms with Crippen LogP contribution in [0.25, 0.3) is 5.69 Å². The van der Waals surface area contributed by atoms with Gasteiger partial charge >= 0.3 is 0 Å². The Kier molecular flexibility index (Phi) is 7.84. The summed E-state index contributed by atoms with van der Waals surface area (Å²) in [6.45, 7) is 1.15. The summed E-state index contributed by atoms with van der Waals surface area (Å²) in [5.41, 5.74) is 4.10. The molecule has 0 saturated carbocycles. The number of halogens is 1. The zero-order valence-electron chi connectivity index (χ0n) is 19.9. The molecule has 1 amide bonds. The van der Waals surface area contributed by atoms with Crippen LogP contribution in [-0.2, 0) is 14.8 Å². The zero-order valence-corrected chi connectivity index (χ0v) is 21.5. The van der Waals surface area contributed by atoms with Crippen LogP contribution < -0.4 is 9.73 Å². The third-order valence-electron chi connectivity index (χ3n) is 5.47. The van der Waals surface area contributed by atoms with Crippen LogP contribution in [0.15, 0.2) is 94.9 Å². The third-order valence-corrected chi connectivity index (χ3v) is 7.54. The number of hydrogen-bond donors (Lipinski definition) is 1. The van der Waals surface area contributed by atoms with Crippen LogP contribution in [0.1, 0.15) is 11.3 Å². The Morgan fingerprint density at radius 2 is 1.68 bits per heavy atom. The number of amides is 1. The van der Waals surface area contributed by atoms with Gasteiger partial charge in [0.1, 0.15) is 6.54 Å². The van der Waals surface area contributed by atoms with E-state index in [1.54, 1.807) is 29.8 Å². The maximum atomic E-state index is 13.4. The maximum Gasteiger partial charge on any atom is 0.269 e. The van der Waals surface area contributed by atoms with Crippen molar-refractivity contribution in [3.8, 4) is 5.69 Å². The SMILES string of the molecule is Cc1c(/C=N\NC(=O)CN(c2ccc([N+](=O)[O-])cc2)S(=O)(=O)c2ccccc2)c(Cl)nn1-c1ccccc1. The number of hydrogen-bond acceptors (Lipinski definition) is 7. The lowest BCUT2D eigenvalue weighted by atomic mass is 10.2. The fraction of sp³-hybridized carbons (Fsp3) is 0.0800. The minimum absolute atomic E-state index is 0.0506. The molecule has 0 aliphatic carbocycles. The van der Waals surface area contributed by atoms with Crippen molar-refractivity contribution < 1.29 is 18.1 Å². The second-order valence-electron chi connectivity index (χ2n) is 7.93. The number of anilines is 1. The molecule has 0 aliphatic rings. The fourth-order valence-corrected chi connectivity index (χ4v) is 5.26. The Morgan fingerprint density at radius 3 is 2.29 bits per heavy atom. The quantitative estimate of drug-likeness (QED) is 0.188. The first-order valence-electron chi connectivity index (χ1n) is 11.1.